The van der Waals surface area contributed by atoms with Crippen molar-refractivity contribution in [3.05, 3.63) is 0 Å². The summed E-state index contributed by atoms with van der Waals surface area (Å²) in [6.07, 6.45) is 0.596. The summed E-state index contributed by atoms with van der Waals surface area (Å²) in [4.78, 5) is 0. The first kappa shape index (κ1) is 7.94. The molecule has 10 heavy (non-hydrogen) atoms. The first-order valence-corrected chi connectivity index (χ1v) is 3.48. The van der Waals surface area contributed by atoms with E-state index in [1.54, 1.807) is 0 Å². The number of hydroxylamine groups is 2. The van der Waals surface area contributed by atoms with Crippen molar-refractivity contribution < 1.29 is 15.4 Å². The van der Waals surface area contributed by atoms with Crippen LogP contribution in [0.15, 0.2) is 0 Å². The van der Waals surface area contributed by atoms with Crippen molar-refractivity contribution in [3.8, 4) is 0 Å². The van der Waals surface area contributed by atoms with Crippen molar-refractivity contribution in [2.45, 2.75) is 19.1 Å². The number of aliphatic hydroxyl groups excluding tert-OH is 2. The Labute approximate surface area is 59.7 Å². The summed E-state index contributed by atoms with van der Waals surface area (Å²) in [5, 5.41) is 27.5. The summed E-state index contributed by atoms with van der Waals surface area (Å²) in [6, 6.07) is 0. The topological polar surface area (TPSA) is 63.9 Å². The Kier molecular flexibility index (Phi) is 2.62. The van der Waals surface area contributed by atoms with Crippen molar-refractivity contribution in [1.29, 1.82) is 0 Å². The Hall–Kier alpha value is -0.160. The molecule has 0 amide bonds. The lowest BCUT2D eigenvalue weighted by Gasteiger charge is -2.30. The Morgan fingerprint density at radius 1 is 1.40 bits per heavy atom. The van der Waals surface area contributed by atoms with Gasteiger partial charge in [0.05, 0.1) is 0 Å². The third-order valence-corrected chi connectivity index (χ3v) is 1.88. The van der Waals surface area contributed by atoms with Crippen LogP contribution in [0.5, 0.6) is 0 Å². The largest absolute Gasteiger partial charge is 0.396 e. The van der Waals surface area contributed by atoms with Gasteiger partial charge >= 0.3 is 0 Å². The molecule has 0 aromatic heterocycles. The molecule has 0 aromatic rings. The highest BCUT2D eigenvalue weighted by molar-refractivity contribution is 4.69. The third kappa shape index (κ3) is 1.67. The summed E-state index contributed by atoms with van der Waals surface area (Å²) in [5.41, 5.74) is 0. The normalized spacial score (nSPS) is 36.3. The fraction of sp³-hybridized carbons (Fsp3) is 1.00. The molecule has 1 rings (SSSR count). The molecule has 4 nitrogen and oxygen atoms in total. The van der Waals surface area contributed by atoms with Crippen LogP contribution in [0.3, 0.4) is 0 Å². The SMILES string of the molecule is OCC1CCC(O)N(O)C1. The van der Waals surface area contributed by atoms with Gasteiger partial charge < -0.3 is 15.4 Å². The van der Waals surface area contributed by atoms with E-state index < -0.39 is 6.23 Å². The van der Waals surface area contributed by atoms with E-state index in [4.69, 9.17) is 15.4 Å². The average Bonchev–Trinajstić information content (AvgIpc) is 1.95. The van der Waals surface area contributed by atoms with Gasteiger partial charge in [-0.1, -0.05) is 0 Å². The van der Waals surface area contributed by atoms with Crippen LogP contribution in [0.1, 0.15) is 12.8 Å². The van der Waals surface area contributed by atoms with Gasteiger partial charge in [0.2, 0.25) is 0 Å². The lowest BCUT2D eigenvalue weighted by atomic mass is 9.99. The van der Waals surface area contributed by atoms with Crippen LogP contribution in [0.2, 0.25) is 0 Å². The number of aliphatic hydroxyl groups is 2. The second-order valence-corrected chi connectivity index (χ2v) is 2.73. The maximum atomic E-state index is 8.99. The number of piperidine rings is 1. The van der Waals surface area contributed by atoms with Crippen LogP contribution >= 0.6 is 0 Å². The summed E-state index contributed by atoms with van der Waals surface area (Å²) in [7, 11) is 0. The van der Waals surface area contributed by atoms with Gasteiger partial charge in [-0.25, -0.2) is 0 Å². The molecule has 0 aromatic carbocycles. The van der Waals surface area contributed by atoms with Crippen LogP contribution in [0.4, 0.5) is 0 Å². The van der Waals surface area contributed by atoms with Crippen molar-refractivity contribution in [3.63, 3.8) is 0 Å². The summed E-state index contributed by atoms with van der Waals surface area (Å²) in [5.74, 6) is 0.119. The van der Waals surface area contributed by atoms with E-state index in [1.807, 2.05) is 0 Å². The van der Waals surface area contributed by atoms with E-state index in [0.717, 1.165) is 11.5 Å². The van der Waals surface area contributed by atoms with Gasteiger partial charge in [-0.15, -0.1) is 0 Å². The predicted molar refractivity (Wildman–Crippen MR) is 34.3 cm³/mol. The molecule has 1 heterocycles. The molecule has 0 bridgehead atoms. The molecule has 0 saturated carbocycles. The minimum Gasteiger partial charge on any atom is -0.396 e. The van der Waals surface area contributed by atoms with E-state index >= 15 is 0 Å². The van der Waals surface area contributed by atoms with E-state index in [-0.39, 0.29) is 12.5 Å². The highest BCUT2D eigenvalue weighted by Gasteiger charge is 2.24. The third-order valence-electron chi connectivity index (χ3n) is 1.88. The number of rotatable bonds is 1. The monoisotopic (exact) mass is 147 g/mol. The lowest BCUT2D eigenvalue weighted by Crippen LogP contribution is -2.41. The predicted octanol–water partition coefficient (Wildman–Crippen LogP) is -0.602. The lowest BCUT2D eigenvalue weighted by molar-refractivity contribution is -0.222. The molecule has 1 fully saturated rings. The van der Waals surface area contributed by atoms with Crippen molar-refractivity contribution in [2.24, 2.45) is 5.92 Å². The molecule has 2 unspecified atom stereocenters. The van der Waals surface area contributed by atoms with Gasteiger partial charge in [0.1, 0.15) is 6.23 Å². The minimum absolute atomic E-state index is 0.0871. The Morgan fingerprint density at radius 2 is 2.10 bits per heavy atom. The molecule has 2 atom stereocenters. The molecule has 0 spiro atoms. The Balaban J connectivity index is 2.33. The zero-order valence-electron chi connectivity index (χ0n) is 5.77. The number of hydrogen-bond acceptors (Lipinski definition) is 4. The molecule has 4 heteroatoms. The molecule has 1 saturated heterocycles. The van der Waals surface area contributed by atoms with Crippen LogP contribution in [0.25, 0.3) is 0 Å². The highest BCUT2D eigenvalue weighted by Crippen LogP contribution is 2.17. The Morgan fingerprint density at radius 3 is 2.60 bits per heavy atom. The fourth-order valence-corrected chi connectivity index (χ4v) is 1.16. The van der Waals surface area contributed by atoms with Crippen LogP contribution in [-0.2, 0) is 0 Å². The average molecular weight is 147 g/mol. The quantitative estimate of drug-likeness (QED) is 0.463. The molecule has 1 aliphatic heterocycles. The van der Waals surface area contributed by atoms with Crippen molar-refractivity contribution in [2.75, 3.05) is 13.2 Å². The standard InChI is InChI=1S/C6H13NO3/c8-4-5-1-2-6(9)7(10)3-5/h5-6,8-10H,1-4H2. The second kappa shape index (κ2) is 3.30. The van der Waals surface area contributed by atoms with Crippen LogP contribution in [0, 0.1) is 5.92 Å². The molecule has 60 valence electrons. The molecule has 0 aliphatic carbocycles. The molecule has 3 N–H and O–H groups in total. The first-order valence-electron chi connectivity index (χ1n) is 3.48. The molecular formula is C6H13NO3. The van der Waals surface area contributed by atoms with Crippen molar-refractivity contribution >= 4 is 0 Å². The minimum atomic E-state index is -0.734. The molecule has 0 radical (unpaired) electrons. The maximum absolute atomic E-state index is 8.99. The highest BCUT2D eigenvalue weighted by atomic mass is 16.5. The van der Waals surface area contributed by atoms with Gasteiger partial charge in [-0.05, 0) is 18.8 Å². The summed E-state index contributed by atoms with van der Waals surface area (Å²) >= 11 is 0. The smallest absolute Gasteiger partial charge is 0.129 e. The maximum Gasteiger partial charge on any atom is 0.129 e. The van der Waals surface area contributed by atoms with Gasteiger partial charge in [0.15, 0.2) is 0 Å². The van der Waals surface area contributed by atoms with E-state index in [9.17, 15) is 0 Å². The van der Waals surface area contributed by atoms with Gasteiger partial charge in [0, 0.05) is 13.2 Å². The van der Waals surface area contributed by atoms with Gasteiger partial charge in [0.25, 0.3) is 0 Å². The first-order chi connectivity index (χ1) is 4.74. The van der Waals surface area contributed by atoms with Gasteiger partial charge in [-0.3, -0.25) is 0 Å². The van der Waals surface area contributed by atoms with Gasteiger partial charge in [-0.2, -0.15) is 5.06 Å². The summed E-state index contributed by atoms with van der Waals surface area (Å²) in [6.45, 7) is 0.460. The zero-order chi connectivity index (χ0) is 7.56. The van der Waals surface area contributed by atoms with Crippen LogP contribution < -0.4 is 0 Å². The second-order valence-electron chi connectivity index (χ2n) is 2.73. The summed E-state index contributed by atoms with van der Waals surface area (Å²) < 4.78 is 0. The number of nitrogens with zero attached hydrogens (tertiary/aromatic N) is 1. The van der Waals surface area contributed by atoms with E-state index in [2.05, 4.69) is 0 Å². The van der Waals surface area contributed by atoms with Crippen molar-refractivity contribution in [1.82, 2.24) is 5.06 Å². The zero-order valence-corrected chi connectivity index (χ0v) is 5.77. The van der Waals surface area contributed by atoms with E-state index in [0.29, 0.717) is 13.0 Å². The Bertz CT molecular complexity index is 109. The number of hydrogen-bond donors (Lipinski definition) is 3. The fourth-order valence-electron chi connectivity index (χ4n) is 1.16. The molecular weight excluding hydrogens is 134 g/mol. The van der Waals surface area contributed by atoms with E-state index in [1.165, 1.54) is 0 Å². The van der Waals surface area contributed by atoms with Crippen LogP contribution in [-0.4, -0.2) is 39.9 Å². The molecule has 1 aliphatic rings.